The van der Waals surface area contributed by atoms with Gasteiger partial charge >= 0.3 is 12.1 Å². The summed E-state index contributed by atoms with van der Waals surface area (Å²) in [5.74, 6) is -4.03. The first-order chi connectivity index (χ1) is 16.2. The molecule has 0 spiro atoms. The molecule has 0 heterocycles. The topological polar surface area (TPSA) is 63.6 Å². The maximum Gasteiger partial charge on any atom is 0.455 e. The van der Waals surface area contributed by atoms with Gasteiger partial charge in [0, 0.05) is 12.5 Å². The third-order valence-corrected chi connectivity index (χ3v) is 6.06. The number of alkyl halides is 3. The zero-order valence-corrected chi connectivity index (χ0v) is 20.9. The standard InChI is InChI=1S/C26H38ClF3O4/c1-2-3-4-5-6-7-8-9-10-11-12-13-14-15-16-17-24(32)34-23-19-22(31)20(18-21(23)27)25(33)26(28,29)30/h18-19,31H,2-17H2,1H3. The lowest BCUT2D eigenvalue weighted by molar-refractivity contribution is -0.134. The molecule has 1 N–H and O–H groups in total. The molecule has 0 amide bonds. The molecule has 194 valence electrons. The van der Waals surface area contributed by atoms with Crippen LogP contribution in [0.3, 0.4) is 0 Å². The summed E-state index contributed by atoms with van der Waals surface area (Å²) in [5.41, 5.74) is -0.986. The van der Waals surface area contributed by atoms with E-state index in [4.69, 9.17) is 16.3 Å². The van der Waals surface area contributed by atoms with Crippen molar-refractivity contribution in [3.8, 4) is 11.5 Å². The van der Waals surface area contributed by atoms with E-state index in [0.29, 0.717) is 12.5 Å². The Labute approximate surface area is 206 Å². The van der Waals surface area contributed by atoms with E-state index in [1.807, 2.05) is 0 Å². The first-order valence-corrected chi connectivity index (χ1v) is 12.9. The van der Waals surface area contributed by atoms with Gasteiger partial charge in [-0.05, 0) is 12.5 Å². The van der Waals surface area contributed by atoms with E-state index < -0.39 is 29.2 Å². The molecule has 0 radical (unpaired) electrons. The number of benzene rings is 1. The summed E-state index contributed by atoms with van der Waals surface area (Å²) in [5, 5.41) is 9.36. The number of ketones is 1. The minimum absolute atomic E-state index is 0.137. The van der Waals surface area contributed by atoms with E-state index in [-0.39, 0.29) is 17.2 Å². The molecule has 0 bridgehead atoms. The van der Waals surface area contributed by atoms with E-state index in [1.54, 1.807) is 0 Å². The fourth-order valence-electron chi connectivity index (χ4n) is 3.77. The highest BCUT2D eigenvalue weighted by atomic mass is 35.5. The van der Waals surface area contributed by atoms with Crippen LogP contribution >= 0.6 is 11.6 Å². The summed E-state index contributed by atoms with van der Waals surface area (Å²) in [7, 11) is 0. The minimum atomic E-state index is -5.15. The highest BCUT2D eigenvalue weighted by molar-refractivity contribution is 6.32. The number of Topliss-reactive ketones (excluding diaryl/α,β-unsaturated/α-hetero) is 1. The number of unbranched alkanes of at least 4 members (excludes halogenated alkanes) is 14. The van der Waals surface area contributed by atoms with Crippen molar-refractivity contribution in [2.75, 3.05) is 0 Å². The molecule has 0 aliphatic rings. The van der Waals surface area contributed by atoms with Crippen LogP contribution in [0.25, 0.3) is 0 Å². The first kappa shape index (κ1) is 30.3. The van der Waals surface area contributed by atoms with Gasteiger partial charge in [-0.25, -0.2) is 0 Å². The fraction of sp³-hybridized carbons (Fsp3) is 0.692. The third kappa shape index (κ3) is 12.6. The van der Waals surface area contributed by atoms with E-state index in [2.05, 4.69) is 6.92 Å². The van der Waals surface area contributed by atoms with E-state index in [9.17, 15) is 27.9 Å². The Bertz CT molecular complexity index is 750. The maximum atomic E-state index is 12.5. The summed E-state index contributed by atoms with van der Waals surface area (Å²) in [6.07, 6.45) is 13.1. The highest BCUT2D eigenvalue weighted by Crippen LogP contribution is 2.35. The Kier molecular flexibility index (Phi) is 15.0. The SMILES string of the molecule is CCCCCCCCCCCCCCCCCC(=O)Oc1cc(O)c(C(=O)C(F)(F)F)cc1Cl. The number of esters is 1. The van der Waals surface area contributed by atoms with Gasteiger partial charge in [0.15, 0.2) is 5.75 Å². The van der Waals surface area contributed by atoms with E-state index in [0.717, 1.165) is 25.3 Å². The van der Waals surface area contributed by atoms with Crippen LogP contribution in [-0.4, -0.2) is 23.0 Å². The van der Waals surface area contributed by atoms with E-state index >= 15 is 0 Å². The Balaban J connectivity index is 2.13. The van der Waals surface area contributed by atoms with Crippen LogP contribution in [0, 0.1) is 0 Å². The van der Waals surface area contributed by atoms with Crippen molar-refractivity contribution < 1.29 is 32.6 Å². The molecule has 4 nitrogen and oxygen atoms in total. The third-order valence-electron chi connectivity index (χ3n) is 5.76. The van der Waals surface area contributed by atoms with Crippen molar-refractivity contribution in [1.29, 1.82) is 0 Å². The molecule has 0 aliphatic carbocycles. The molecule has 1 aromatic carbocycles. The van der Waals surface area contributed by atoms with Crippen LogP contribution < -0.4 is 4.74 Å². The van der Waals surface area contributed by atoms with Crippen LogP contribution in [-0.2, 0) is 4.79 Å². The van der Waals surface area contributed by atoms with Gasteiger partial charge in [-0.2, -0.15) is 13.2 Å². The number of carbonyl (C=O) groups excluding carboxylic acids is 2. The largest absolute Gasteiger partial charge is 0.507 e. The summed E-state index contributed by atoms with van der Waals surface area (Å²) in [6.45, 7) is 2.24. The number of phenolic OH excluding ortho intramolecular Hbond substituents is 1. The van der Waals surface area contributed by atoms with Crippen LogP contribution in [0.2, 0.25) is 5.02 Å². The molecule has 8 heteroatoms. The normalized spacial score (nSPS) is 11.6. The van der Waals surface area contributed by atoms with Gasteiger partial charge in [0.2, 0.25) is 0 Å². The number of hydrogen-bond acceptors (Lipinski definition) is 4. The molecular weight excluding hydrogens is 469 g/mol. The molecular formula is C26H38ClF3O4. The number of phenols is 1. The monoisotopic (exact) mass is 506 g/mol. The average molecular weight is 507 g/mol. The van der Waals surface area contributed by atoms with Gasteiger partial charge in [0.05, 0.1) is 10.6 Å². The minimum Gasteiger partial charge on any atom is -0.507 e. The number of hydrogen-bond donors (Lipinski definition) is 1. The lowest BCUT2D eigenvalue weighted by Crippen LogP contribution is -2.22. The van der Waals surface area contributed by atoms with Gasteiger partial charge in [0.25, 0.3) is 5.78 Å². The summed E-state index contributed by atoms with van der Waals surface area (Å²) >= 11 is 5.83. The Hall–Kier alpha value is -1.76. The predicted octanol–water partition coefficient (Wildman–Crippen LogP) is 8.96. The van der Waals surface area contributed by atoms with Crippen molar-refractivity contribution >= 4 is 23.4 Å². The number of carbonyl (C=O) groups is 2. The molecule has 1 aromatic rings. The molecule has 0 unspecified atom stereocenters. The maximum absolute atomic E-state index is 12.5. The molecule has 0 fully saturated rings. The molecule has 0 aromatic heterocycles. The van der Waals surface area contributed by atoms with Crippen LogP contribution in [0.4, 0.5) is 13.2 Å². The highest BCUT2D eigenvalue weighted by Gasteiger charge is 2.41. The van der Waals surface area contributed by atoms with E-state index in [1.165, 1.54) is 70.6 Å². The first-order valence-electron chi connectivity index (χ1n) is 12.5. The molecule has 0 atom stereocenters. The van der Waals surface area contributed by atoms with Gasteiger partial charge in [-0.15, -0.1) is 0 Å². The summed E-state index contributed by atoms with van der Waals surface area (Å²) in [6, 6.07) is 1.41. The van der Waals surface area contributed by atoms with Crippen molar-refractivity contribution in [2.24, 2.45) is 0 Å². The Morgan fingerprint density at radius 1 is 0.824 bits per heavy atom. The second-order valence-electron chi connectivity index (χ2n) is 8.80. The molecule has 0 aliphatic heterocycles. The van der Waals surface area contributed by atoms with Gasteiger partial charge in [-0.1, -0.05) is 108 Å². The second kappa shape index (κ2) is 16.8. The Morgan fingerprint density at radius 3 is 1.71 bits per heavy atom. The second-order valence-corrected chi connectivity index (χ2v) is 9.21. The van der Waals surface area contributed by atoms with Gasteiger partial charge in [-0.3, -0.25) is 9.59 Å². The summed E-state index contributed by atoms with van der Waals surface area (Å²) < 4.78 is 42.7. The van der Waals surface area contributed by atoms with Gasteiger partial charge < -0.3 is 9.84 Å². The van der Waals surface area contributed by atoms with Crippen molar-refractivity contribution in [3.63, 3.8) is 0 Å². The smallest absolute Gasteiger partial charge is 0.455 e. The zero-order chi connectivity index (χ0) is 25.4. The molecule has 0 saturated heterocycles. The quantitative estimate of drug-likeness (QED) is 0.0933. The fourth-order valence-corrected chi connectivity index (χ4v) is 3.97. The zero-order valence-electron chi connectivity index (χ0n) is 20.2. The van der Waals surface area contributed by atoms with Crippen LogP contribution in [0.15, 0.2) is 12.1 Å². The lowest BCUT2D eigenvalue weighted by Gasteiger charge is -2.11. The van der Waals surface area contributed by atoms with Crippen molar-refractivity contribution in [2.45, 2.75) is 116 Å². The lowest BCUT2D eigenvalue weighted by atomic mass is 10.0. The predicted molar refractivity (Wildman–Crippen MR) is 129 cm³/mol. The molecule has 34 heavy (non-hydrogen) atoms. The number of rotatable bonds is 18. The number of ether oxygens (including phenoxy) is 1. The average Bonchev–Trinajstić information content (AvgIpc) is 2.77. The van der Waals surface area contributed by atoms with Crippen LogP contribution in [0.5, 0.6) is 11.5 Å². The number of aromatic hydroxyl groups is 1. The summed E-state index contributed by atoms with van der Waals surface area (Å²) in [4.78, 5) is 23.3. The number of halogens is 4. The molecule has 1 rings (SSSR count). The Morgan fingerprint density at radius 2 is 1.26 bits per heavy atom. The van der Waals surface area contributed by atoms with Crippen molar-refractivity contribution in [3.05, 3.63) is 22.7 Å². The molecule has 0 saturated carbocycles. The van der Waals surface area contributed by atoms with Crippen LogP contribution in [0.1, 0.15) is 120 Å². The van der Waals surface area contributed by atoms with Gasteiger partial charge in [0.1, 0.15) is 5.75 Å². The van der Waals surface area contributed by atoms with Crippen molar-refractivity contribution in [1.82, 2.24) is 0 Å².